The minimum atomic E-state index is -4.28. The van der Waals surface area contributed by atoms with E-state index in [1.165, 1.54) is 23.5 Å². The van der Waals surface area contributed by atoms with Crippen molar-refractivity contribution in [1.82, 2.24) is 4.98 Å². The highest BCUT2D eigenvalue weighted by atomic mass is 32.1. The van der Waals surface area contributed by atoms with Gasteiger partial charge in [-0.2, -0.15) is 13.2 Å². The van der Waals surface area contributed by atoms with Crippen LogP contribution in [0.15, 0.2) is 29.8 Å². The third kappa shape index (κ3) is 2.09. The molecule has 0 aliphatic rings. The molecule has 1 heterocycles. The van der Waals surface area contributed by atoms with Crippen LogP contribution in [-0.2, 0) is 6.18 Å². The van der Waals surface area contributed by atoms with Gasteiger partial charge < -0.3 is 0 Å². The normalized spacial score (nSPS) is 11.8. The van der Waals surface area contributed by atoms with E-state index < -0.39 is 11.7 Å². The number of aromatic nitrogens is 1. The van der Waals surface area contributed by atoms with Crippen LogP contribution in [0.3, 0.4) is 0 Å². The molecule has 2 aromatic rings. The van der Waals surface area contributed by atoms with Crippen molar-refractivity contribution in [2.45, 2.75) is 13.1 Å². The van der Waals surface area contributed by atoms with E-state index in [1.54, 1.807) is 5.51 Å². The second-order valence-corrected chi connectivity index (χ2v) is 4.20. The summed E-state index contributed by atoms with van der Waals surface area (Å²) in [6, 6.07) is 5.13. The van der Waals surface area contributed by atoms with Crippen molar-refractivity contribution >= 4 is 11.3 Å². The standard InChI is InChI=1S/C11H8F3NS/c1-7-10(16-6-15-7)8-2-4-9(5-3-8)11(12,13)14/h2-6H,1H3. The summed E-state index contributed by atoms with van der Waals surface area (Å²) >= 11 is 1.42. The van der Waals surface area contributed by atoms with Crippen molar-refractivity contribution < 1.29 is 13.2 Å². The average Bonchev–Trinajstić information content (AvgIpc) is 2.63. The molecule has 1 nitrogen and oxygen atoms in total. The van der Waals surface area contributed by atoms with Gasteiger partial charge >= 0.3 is 6.18 Å². The van der Waals surface area contributed by atoms with Gasteiger partial charge in [0, 0.05) is 0 Å². The Morgan fingerprint density at radius 2 is 1.75 bits per heavy atom. The summed E-state index contributed by atoms with van der Waals surface area (Å²) in [5.74, 6) is 0. The zero-order chi connectivity index (χ0) is 11.8. The summed E-state index contributed by atoms with van der Waals surface area (Å²) in [7, 11) is 0. The molecule has 0 saturated carbocycles. The molecule has 0 bridgehead atoms. The van der Waals surface area contributed by atoms with Crippen LogP contribution in [0.5, 0.6) is 0 Å². The van der Waals surface area contributed by atoms with Gasteiger partial charge in [-0.25, -0.2) is 4.98 Å². The minimum Gasteiger partial charge on any atom is -0.249 e. The molecular formula is C11H8F3NS. The minimum absolute atomic E-state index is 0.626. The largest absolute Gasteiger partial charge is 0.416 e. The number of aryl methyl sites for hydroxylation is 1. The van der Waals surface area contributed by atoms with Gasteiger partial charge in [-0.3, -0.25) is 0 Å². The molecule has 0 radical (unpaired) electrons. The van der Waals surface area contributed by atoms with Crippen LogP contribution < -0.4 is 0 Å². The van der Waals surface area contributed by atoms with Gasteiger partial charge in [0.25, 0.3) is 0 Å². The molecule has 1 aromatic carbocycles. The van der Waals surface area contributed by atoms with E-state index in [0.29, 0.717) is 0 Å². The molecule has 0 aliphatic heterocycles. The molecule has 0 aliphatic carbocycles. The Hall–Kier alpha value is -1.36. The number of thiazole rings is 1. The van der Waals surface area contributed by atoms with E-state index in [9.17, 15) is 13.2 Å². The lowest BCUT2D eigenvalue weighted by molar-refractivity contribution is -0.137. The van der Waals surface area contributed by atoms with Gasteiger partial charge in [0.15, 0.2) is 0 Å². The number of rotatable bonds is 1. The van der Waals surface area contributed by atoms with Crippen LogP contribution in [0.4, 0.5) is 13.2 Å². The van der Waals surface area contributed by atoms with E-state index in [1.807, 2.05) is 6.92 Å². The maximum Gasteiger partial charge on any atom is 0.416 e. The van der Waals surface area contributed by atoms with E-state index in [0.717, 1.165) is 28.3 Å². The summed E-state index contributed by atoms with van der Waals surface area (Å²) in [4.78, 5) is 4.97. The Bertz CT molecular complexity index is 485. The van der Waals surface area contributed by atoms with E-state index in [2.05, 4.69) is 4.98 Å². The molecule has 5 heteroatoms. The van der Waals surface area contributed by atoms with Crippen LogP contribution in [0, 0.1) is 6.92 Å². The second kappa shape index (κ2) is 3.90. The number of nitrogens with zero attached hydrogens (tertiary/aromatic N) is 1. The number of hydrogen-bond donors (Lipinski definition) is 0. The lowest BCUT2D eigenvalue weighted by atomic mass is 10.1. The zero-order valence-corrected chi connectivity index (χ0v) is 9.19. The highest BCUT2D eigenvalue weighted by Gasteiger charge is 2.30. The summed E-state index contributed by atoms with van der Waals surface area (Å²) in [6.07, 6.45) is -4.28. The predicted octanol–water partition coefficient (Wildman–Crippen LogP) is 4.14. The van der Waals surface area contributed by atoms with Crippen molar-refractivity contribution in [3.8, 4) is 10.4 Å². The number of benzene rings is 1. The molecule has 0 amide bonds. The maximum absolute atomic E-state index is 12.3. The lowest BCUT2D eigenvalue weighted by Crippen LogP contribution is -2.03. The SMILES string of the molecule is Cc1ncsc1-c1ccc(C(F)(F)F)cc1. The fourth-order valence-electron chi connectivity index (χ4n) is 1.39. The fourth-order valence-corrected chi connectivity index (χ4v) is 2.20. The second-order valence-electron chi connectivity index (χ2n) is 3.34. The Kier molecular flexibility index (Phi) is 2.71. The van der Waals surface area contributed by atoms with Gasteiger partial charge in [-0.15, -0.1) is 11.3 Å². The first kappa shape index (κ1) is 11.1. The number of halogens is 3. The molecule has 0 saturated heterocycles. The zero-order valence-electron chi connectivity index (χ0n) is 8.38. The topological polar surface area (TPSA) is 12.9 Å². The van der Waals surface area contributed by atoms with Crippen molar-refractivity contribution in [3.05, 3.63) is 41.0 Å². The van der Waals surface area contributed by atoms with E-state index >= 15 is 0 Å². The molecule has 84 valence electrons. The van der Waals surface area contributed by atoms with Crippen molar-refractivity contribution in [1.29, 1.82) is 0 Å². The average molecular weight is 243 g/mol. The van der Waals surface area contributed by atoms with Crippen molar-refractivity contribution in [2.24, 2.45) is 0 Å². The van der Waals surface area contributed by atoms with Crippen LogP contribution in [0.2, 0.25) is 0 Å². The predicted molar refractivity (Wildman–Crippen MR) is 57.3 cm³/mol. The van der Waals surface area contributed by atoms with E-state index in [-0.39, 0.29) is 0 Å². The van der Waals surface area contributed by atoms with Gasteiger partial charge in [0.1, 0.15) is 0 Å². The molecule has 0 N–H and O–H groups in total. The molecule has 16 heavy (non-hydrogen) atoms. The van der Waals surface area contributed by atoms with Crippen molar-refractivity contribution in [3.63, 3.8) is 0 Å². The Morgan fingerprint density at radius 1 is 1.12 bits per heavy atom. The summed E-state index contributed by atoms with van der Waals surface area (Å²) in [5.41, 5.74) is 2.67. The number of hydrogen-bond acceptors (Lipinski definition) is 2. The molecule has 0 fully saturated rings. The van der Waals surface area contributed by atoms with Crippen LogP contribution >= 0.6 is 11.3 Å². The first-order chi connectivity index (χ1) is 7.48. The summed E-state index contributed by atoms with van der Waals surface area (Å²) in [6.45, 7) is 1.84. The molecule has 1 aromatic heterocycles. The fraction of sp³-hybridized carbons (Fsp3) is 0.182. The molecule has 0 spiro atoms. The third-order valence-corrected chi connectivity index (χ3v) is 3.20. The third-order valence-electron chi connectivity index (χ3n) is 2.22. The van der Waals surface area contributed by atoms with Crippen LogP contribution in [0.1, 0.15) is 11.3 Å². The van der Waals surface area contributed by atoms with Crippen molar-refractivity contribution in [2.75, 3.05) is 0 Å². The first-order valence-corrected chi connectivity index (χ1v) is 5.44. The Morgan fingerprint density at radius 3 is 2.19 bits per heavy atom. The van der Waals surface area contributed by atoms with Gasteiger partial charge in [-0.05, 0) is 24.6 Å². The lowest BCUT2D eigenvalue weighted by Gasteiger charge is -2.06. The first-order valence-electron chi connectivity index (χ1n) is 4.56. The molecule has 0 unspecified atom stereocenters. The molecular weight excluding hydrogens is 235 g/mol. The monoisotopic (exact) mass is 243 g/mol. The summed E-state index contributed by atoms with van der Waals surface area (Å²) in [5, 5.41) is 0. The van der Waals surface area contributed by atoms with Gasteiger partial charge in [0.2, 0.25) is 0 Å². The maximum atomic E-state index is 12.3. The van der Waals surface area contributed by atoms with Gasteiger partial charge in [0.05, 0.1) is 21.6 Å². The smallest absolute Gasteiger partial charge is 0.249 e. The van der Waals surface area contributed by atoms with Crippen LogP contribution in [0.25, 0.3) is 10.4 Å². The van der Waals surface area contributed by atoms with E-state index in [4.69, 9.17) is 0 Å². The number of alkyl halides is 3. The summed E-state index contributed by atoms with van der Waals surface area (Å²) < 4.78 is 37.0. The highest BCUT2D eigenvalue weighted by molar-refractivity contribution is 7.13. The highest BCUT2D eigenvalue weighted by Crippen LogP contribution is 2.32. The molecule has 2 rings (SSSR count). The quantitative estimate of drug-likeness (QED) is 0.733. The van der Waals surface area contributed by atoms with Crippen LogP contribution in [-0.4, -0.2) is 4.98 Å². The Labute approximate surface area is 94.6 Å². The van der Waals surface area contributed by atoms with Gasteiger partial charge in [-0.1, -0.05) is 12.1 Å². The molecule has 0 atom stereocenters. The Balaban J connectivity index is 2.37.